The summed E-state index contributed by atoms with van der Waals surface area (Å²) in [5.41, 5.74) is 7.19. The van der Waals surface area contributed by atoms with Gasteiger partial charge in [0, 0.05) is 5.56 Å². The summed E-state index contributed by atoms with van der Waals surface area (Å²) in [7, 11) is 1.61. The summed E-state index contributed by atoms with van der Waals surface area (Å²) in [5, 5.41) is 3.34. The van der Waals surface area contributed by atoms with Gasteiger partial charge < -0.3 is 15.8 Å². The number of carbonyl (C=O) groups is 1. The number of aryl methyl sites for hydroxylation is 1. The maximum atomic E-state index is 12.2. The fraction of sp³-hybridized carbons (Fsp3) is 0.286. The van der Waals surface area contributed by atoms with Gasteiger partial charge in [-0.05, 0) is 19.9 Å². The van der Waals surface area contributed by atoms with Crippen molar-refractivity contribution < 1.29 is 9.53 Å². The number of thiazole rings is 1. The highest BCUT2D eigenvalue weighted by atomic mass is 32.1. The number of anilines is 1. The second-order valence-corrected chi connectivity index (χ2v) is 5.43. The van der Waals surface area contributed by atoms with Crippen LogP contribution in [0.15, 0.2) is 24.3 Å². The van der Waals surface area contributed by atoms with E-state index in [1.165, 1.54) is 11.3 Å². The molecule has 2 rings (SSSR count). The molecule has 0 spiro atoms. The zero-order valence-corrected chi connectivity index (χ0v) is 12.5. The number of benzene rings is 1. The molecule has 20 heavy (non-hydrogen) atoms. The molecule has 0 radical (unpaired) electrons. The van der Waals surface area contributed by atoms with E-state index in [1.54, 1.807) is 14.0 Å². The molecule has 1 aromatic carbocycles. The van der Waals surface area contributed by atoms with Gasteiger partial charge in [-0.2, -0.15) is 0 Å². The summed E-state index contributed by atoms with van der Waals surface area (Å²) in [4.78, 5) is 16.8. The SMILES string of the molecule is COc1ccccc1[C@H](C)NC(=O)c1sc(N)nc1C. The summed E-state index contributed by atoms with van der Waals surface area (Å²) < 4.78 is 5.30. The molecule has 1 aromatic heterocycles. The quantitative estimate of drug-likeness (QED) is 0.907. The van der Waals surface area contributed by atoms with Gasteiger partial charge in [0.2, 0.25) is 0 Å². The third-order valence-corrected chi connectivity index (χ3v) is 3.96. The van der Waals surface area contributed by atoms with Gasteiger partial charge >= 0.3 is 0 Å². The number of carbonyl (C=O) groups excluding carboxylic acids is 1. The fourth-order valence-corrected chi connectivity index (χ4v) is 2.73. The number of para-hydroxylation sites is 1. The molecule has 0 bridgehead atoms. The van der Waals surface area contributed by atoms with Crippen molar-refractivity contribution in [3.63, 3.8) is 0 Å². The van der Waals surface area contributed by atoms with Crippen molar-refractivity contribution in [2.45, 2.75) is 19.9 Å². The van der Waals surface area contributed by atoms with E-state index in [1.807, 2.05) is 31.2 Å². The van der Waals surface area contributed by atoms with Crippen LogP contribution in [0.4, 0.5) is 5.13 Å². The lowest BCUT2D eigenvalue weighted by molar-refractivity contribution is 0.0943. The Bertz CT molecular complexity index is 625. The number of methoxy groups -OCH3 is 1. The summed E-state index contributed by atoms with van der Waals surface area (Å²) in [5.74, 6) is 0.580. The molecule has 3 N–H and O–H groups in total. The summed E-state index contributed by atoms with van der Waals surface area (Å²) in [6.45, 7) is 3.69. The highest BCUT2D eigenvalue weighted by Gasteiger charge is 2.18. The molecule has 106 valence electrons. The molecule has 1 heterocycles. The molecular weight excluding hydrogens is 274 g/mol. The molecule has 2 aromatic rings. The van der Waals surface area contributed by atoms with Gasteiger partial charge in [0.25, 0.3) is 5.91 Å². The predicted molar refractivity (Wildman–Crippen MR) is 80.1 cm³/mol. The van der Waals surface area contributed by atoms with E-state index in [-0.39, 0.29) is 11.9 Å². The van der Waals surface area contributed by atoms with Gasteiger partial charge in [0.1, 0.15) is 10.6 Å². The van der Waals surface area contributed by atoms with Crippen LogP contribution in [0.1, 0.15) is 33.9 Å². The standard InChI is InChI=1S/C14H17N3O2S/c1-8(10-6-4-5-7-11(10)19-3)16-13(18)12-9(2)17-14(15)20-12/h4-8H,1-3H3,(H2,15,17)(H,16,18)/t8-/m0/s1. The Balaban J connectivity index is 2.17. The normalized spacial score (nSPS) is 11.9. The average molecular weight is 291 g/mol. The molecular formula is C14H17N3O2S. The molecule has 0 saturated heterocycles. The number of nitrogens with one attached hydrogen (secondary N) is 1. The summed E-state index contributed by atoms with van der Waals surface area (Å²) in [6.07, 6.45) is 0. The summed E-state index contributed by atoms with van der Waals surface area (Å²) in [6, 6.07) is 7.44. The van der Waals surface area contributed by atoms with Crippen molar-refractivity contribution >= 4 is 22.4 Å². The first-order valence-corrected chi connectivity index (χ1v) is 7.01. The Labute approximate surface area is 121 Å². The lowest BCUT2D eigenvalue weighted by atomic mass is 10.1. The van der Waals surface area contributed by atoms with E-state index in [0.717, 1.165) is 11.3 Å². The Morgan fingerprint density at radius 3 is 2.75 bits per heavy atom. The number of hydrogen-bond acceptors (Lipinski definition) is 5. The molecule has 0 aliphatic heterocycles. The van der Waals surface area contributed by atoms with Gasteiger partial charge in [-0.1, -0.05) is 29.5 Å². The van der Waals surface area contributed by atoms with Crippen LogP contribution in [0.25, 0.3) is 0 Å². The first-order chi connectivity index (χ1) is 9.52. The van der Waals surface area contributed by atoms with Crippen molar-refractivity contribution in [1.82, 2.24) is 10.3 Å². The number of ether oxygens (including phenoxy) is 1. The van der Waals surface area contributed by atoms with E-state index < -0.39 is 0 Å². The minimum Gasteiger partial charge on any atom is -0.496 e. The minimum absolute atomic E-state index is 0.165. The highest BCUT2D eigenvalue weighted by molar-refractivity contribution is 7.17. The van der Waals surface area contributed by atoms with Crippen LogP contribution in [-0.2, 0) is 0 Å². The first kappa shape index (κ1) is 14.3. The van der Waals surface area contributed by atoms with Gasteiger partial charge in [0.15, 0.2) is 5.13 Å². The van der Waals surface area contributed by atoms with Crippen LogP contribution >= 0.6 is 11.3 Å². The maximum Gasteiger partial charge on any atom is 0.263 e. The topological polar surface area (TPSA) is 77.2 Å². The second-order valence-electron chi connectivity index (χ2n) is 4.40. The fourth-order valence-electron chi connectivity index (χ4n) is 1.99. The molecule has 5 nitrogen and oxygen atoms in total. The van der Waals surface area contributed by atoms with Gasteiger partial charge in [0.05, 0.1) is 18.8 Å². The molecule has 0 saturated carbocycles. The lowest BCUT2D eigenvalue weighted by Gasteiger charge is -2.16. The Kier molecular flexibility index (Phi) is 4.24. The van der Waals surface area contributed by atoms with Crippen molar-refractivity contribution in [1.29, 1.82) is 0 Å². The van der Waals surface area contributed by atoms with E-state index in [4.69, 9.17) is 10.5 Å². The number of nitrogens with two attached hydrogens (primary N) is 1. The van der Waals surface area contributed by atoms with E-state index in [0.29, 0.717) is 15.7 Å². The molecule has 6 heteroatoms. The van der Waals surface area contributed by atoms with Gasteiger partial charge in [-0.15, -0.1) is 0 Å². The molecule has 0 unspecified atom stereocenters. The summed E-state index contributed by atoms with van der Waals surface area (Å²) >= 11 is 1.19. The van der Waals surface area contributed by atoms with Crippen LogP contribution < -0.4 is 15.8 Å². The van der Waals surface area contributed by atoms with Gasteiger partial charge in [-0.25, -0.2) is 4.98 Å². The monoisotopic (exact) mass is 291 g/mol. The Morgan fingerprint density at radius 2 is 2.15 bits per heavy atom. The second kappa shape index (κ2) is 5.92. The Morgan fingerprint density at radius 1 is 1.45 bits per heavy atom. The molecule has 0 aliphatic carbocycles. The molecule has 0 fully saturated rings. The molecule has 0 aliphatic rings. The van der Waals surface area contributed by atoms with Gasteiger partial charge in [-0.3, -0.25) is 4.79 Å². The minimum atomic E-state index is -0.171. The highest BCUT2D eigenvalue weighted by Crippen LogP contribution is 2.26. The van der Waals surface area contributed by atoms with Crippen LogP contribution in [0.2, 0.25) is 0 Å². The lowest BCUT2D eigenvalue weighted by Crippen LogP contribution is -2.26. The van der Waals surface area contributed by atoms with Crippen LogP contribution in [0.3, 0.4) is 0 Å². The van der Waals surface area contributed by atoms with E-state index in [2.05, 4.69) is 10.3 Å². The number of aromatic nitrogens is 1. The van der Waals surface area contributed by atoms with Crippen LogP contribution in [0, 0.1) is 6.92 Å². The molecule has 1 amide bonds. The Hall–Kier alpha value is -2.08. The largest absolute Gasteiger partial charge is 0.496 e. The third-order valence-electron chi connectivity index (χ3n) is 2.97. The number of hydrogen-bond donors (Lipinski definition) is 2. The van der Waals surface area contributed by atoms with Crippen LogP contribution in [0.5, 0.6) is 5.75 Å². The zero-order valence-electron chi connectivity index (χ0n) is 11.6. The van der Waals surface area contributed by atoms with Crippen molar-refractivity contribution in [2.24, 2.45) is 0 Å². The maximum absolute atomic E-state index is 12.2. The number of nitrogen functional groups attached to an aromatic ring is 1. The zero-order chi connectivity index (χ0) is 14.7. The third kappa shape index (κ3) is 2.91. The molecule has 1 atom stereocenters. The predicted octanol–water partition coefficient (Wildman–Crippen LogP) is 2.53. The van der Waals surface area contributed by atoms with Crippen LogP contribution in [-0.4, -0.2) is 18.0 Å². The van der Waals surface area contributed by atoms with Crippen molar-refractivity contribution in [3.8, 4) is 5.75 Å². The van der Waals surface area contributed by atoms with E-state index in [9.17, 15) is 4.79 Å². The number of amides is 1. The number of rotatable bonds is 4. The number of nitrogens with zero attached hydrogens (tertiary/aromatic N) is 1. The smallest absolute Gasteiger partial charge is 0.263 e. The average Bonchev–Trinajstić information content (AvgIpc) is 2.77. The van der Waals surface area contributed by atoms with Crippen molar-refractivity contribution in [2.75, 3.05) is 12.8 Å². The van der Waals surface area contributed by atoms with E-state index >= 15 is 0 Å². The van der Waals surface area contributed by atoms with Crippen molar-refractivity contribution in [3.05, 3.63) is 40.4 Å². The first-order valence-electron chi connectivity index (χ1n) is 6.19.